The molecule has 1 aliphatic rings. The molecule has 1 saturated heterocycles. The smallest absolute Gasteiger partial charge is 0.253 e. The number of ether oxygens (including phenoxy) is 1. The number of nitrogens with zero attached hydrogens (tertiary/aromatic N) is 1. The first kappa shape index (κ1) is 14.0. The lowest BCUT2D eigenvalue weighted by atomic mass is 10.1. The molecule has 1 atom stereocenters. The molecule has 1 aromatic carbocycles. The second-order valence-corrected chi connectivity index (χ2v) is 4.84. The van der Waals surface area contributed by atoms with E-state index in [9.17, 15) is 4.79 Å². The minimum atomic E-state index is -0.335. The number of benzene rings is 1. The molecule has 0 saturated carbocycles. The van der Waals surface area contributed by atoms with Gasteiger partial charge in [0, 0.05) is 26.2 Å². The summed E-state index contributed by atoms with van der Waals surface area (Å²) < 4.78 is 5.54. The second-order valence-electron chi connectivity index (χ2n) is 4.84. The lowest BCUT2D eigenvalue weighted by Crippen LogP contribution is -2.49. The number of carbonyl (C=O) groups is 1. The van der Waals surface area contributed by atoms with Crippen molar-refractivity contribution < 1.29 is 9.53 Å². The van der Waals surface area contributed by atoms with Crippen molar-refractivity contribution in [1.29, 1.82) is 0 Å². The van der Waals surface area contributed by atoms with E-state index in [1.54, 1.807) is 0 Å². The number of morpholine rings is 1. The van der Waals surface area contributed by atoms with Gasteiger partial charge in [-0.3, -0.25) is 4.79 Å². The molecule has 4 nitrogen and oxygen atoms in total. The monoisotopic (exact) mass is 262 g/mol. The summed E-state index contributed by atoms with van der Waals surface area (Å²) in [6, 6.07) is 8.18. The van der Waals surface area contributed by atoms with Gasteiger partial charge in [0.15, 0.2) is 0 Å². The van der Waals surface area contributed by atoms with Crippen molar-refractivity contribution in [3.05, 3.63) is 35.4 Å². The highest BCUT2D eigenvalue weighted by Gasteiger charge is 2.26. The maximum absolute atomic E-state index is 12.4. The van der Waals surface area contributed by atoms with Crippen molar-refractivity contribution in [3.8, 4) is 0 Å². The summed E-state index contributed by atoms with van der Waals surface area (Å²) in [6.07, 6.45) is -0.335. The van der Waals surface area contributed by atoms with E-state index in [1.165, 1.54) is 11.1 Å². The Balaban J connectivity index is 2.03. The quantitative estimate of drug-likeness (QED) is 0.890. The number of rotatable bonds is 4. The molecule has 0 aliphatic carbocycles. The van der Waals surface area contributed by atoms with Gasteiger partial charge >= 0.3 is 0 Å². The third-order valence-electron chi connectivity index (χ3n) is 3.52. The zero-order chi connectivity index (χ0) is 13.7. The molecule has 1 amide bonds. The van der Waals surface area contributed by atoms with Crippen LogP contribution in [0.3, 0.4) is 0 Å². The Hall–Kier alpha value is -1.39. The molecule has 19 heavy (non-hydrogen) atoms. The van der Waals surface area contributed by atoms with Gasteiger partial charge in [-0.05, 0) is 25.0 Å². The van der Waals surface area contributed by atoms with Crippen LogP contribution in [0.1, 0.15) is 18.1 Å². The number of carbonyl (C=O) groups excluding carboxylic acids is 1. The van der Waals surface area contributed by atoms with Crippen molar-refractivity contribution >= 4 is 5.91 Å². The molecule has 2 rings (SSSR count). The molecule has 1 heterocycles. The van der Waals surface area contributed by atoms with Crippen LogP contribution in [0.4, 0.5) is 0 Å². The Morgan fingerprint density at radius 2 is 2.26 bits per heavy atom. The van der Waals surface area contributed by atoms with E-state index < -0.39 is 0 Å². The molecule has 4 heteroatoms. The first-order valence-corrected chi connectivity index (χ1v) is 6.88. The Morgan fingerprint density at radius 1 is 1.47 bits per heavy atom. The standard InChI is InChI=1S/C15H22N2O2/c1-3-17(11-13-7-5-4-6-12(13)2)15(18)14-10-16-8-9-19-14/h4-7,14,16H,3,8-11H2,1-2H3/t14-/m1/s1. The van der Waals surface area contributed by atoms with E-state index in [-0.39, 0.29) is 12.0 Å². The SMILES string of the molecule is CCN(Cc1ccccc1C)C(=O)[C@H]1CNCCO1. The molecule has 1 aromatic rings. The number of nitrogens with one attached hydrogen (secondary N) is 1. The Morgan fingerprint density at radius 3 is 2.89 bits per heavy atom. The van der Waals surface area contributed by atoms with Gasteiger partial charge in [0.05, 0.1) is 6.61 Å². The lowest BCUT2D eigenvalue weighted by Gasteiger charge is -2.29. The van der Waals surface area contributed by atoms with Crippen LogP contribution in [0, 0.1) is 6.92 Å². The van der Waals surface area contributed by atoms with Crippen LogP contribution in [-0.2, 0) is 16.1 Å². The van der Waals surface area contributed by atoms with Crippen molar-refractivity contribution in [2.24, 2.45) is 0 Å². The van der Waals surface area contributed by atoms with Crippen molar-refractivity contribution in [2.45, 2.75) is 26.5 Å². The molecule has 1 N–H and O–H groups in total. The molecule has 0 radical (unpaired) electrons. The predicted molar refractivity (Wildman–Crippen MR) is 74.9 cm³/mol. The van der Waals surface area contributed by atoms with E-state index >= 15 is 0 Å². The van der Waals surface area contributed by atoms with E-state index in [0.717, 1.165) is 6.54 Å². The summed E-state index contributed by atoms with van der Waals surface area (Å²) in [5.41, 5.74) is 2.41. The zero-order valence-corrected chi connectivity index (χ0v) is 11.7. The largest absolute Gasteiger partial charge is 0.366 e. The number of hydrogen-bond donors (Lipinski definition) is 1. The lowest BCUT2D eigenvalue weighted by molar-refractivity contribution is -0.145. The van der Waals surface area contributed by atoms with Crippen LogP contribution in [-0.4, -0.2) is 43.2 Å². The van der Waals surface area contributed by atoms with E-state index in [2.05, 4.69) is 24.4 Å². The van der Waals surface area contributed by atoms with Crippen molar-refractivity contribution in [3.63, 3.8) is 0 Å². The van der Waals surface area contributed by atoms with Crippen LogP contribution < -0.4 is 5.32 Å². The van der Waals surface area contributed by atoms with Gasteiger partial charge in [0.25, 0.3) is 5.91 Å². The molecule has 0 unspecified atom stereocenters. The van der Waals surface area contributed by atoms with Gasteiger partial charge in [-0.2, -0.15) is 0 Å². The third-order valence-corrected chi connectivity index (χ3v) is 3.52. The fraction of sp³-hybridized carbons (Fsp3) is 0.533. The second kappa shape index (κ2) is 6.68. The molecule has 0 bridgehead atoms. The summed E-state index contributed by atoms with van der Waals surface area (Å²) in [5, 5.41) is 3.20. The van der Waals surface area contributed by atoms with Gasteiger partial charge < -0.3 is 15.0 Å². The summed E-state index contributed by atoms with van der Waals surface area (Å²) >= 11 is 0. The maximum Gasteiger partial charge on any atom is 0.253 e. The van der Waals surface area contributed by atoms with Crippen molar-refractivity contribution in [1.82, 2.24) is 10.2 Å². The molecule has 0 aromatic heterocycles. The van der Waals surface area contributed by atoms with Gasteiger partial charge in [-0.15, -0.1) is 0 Å². The van der Waals surface area contributed by atoms with Gasteiger partial charge in [0.2, 0.25) is 0 Å². The Kier molecular flexibility index (Phi) is 4.93. The highest BCUT2D eigenvalue weighted by molar-refractivity contribution is 5.81. The Labute approximate surface area is 114 Å². The first-order valence-electron chi connectivity index (χ1n) is 6.88. The summed E-state index contributed by atoms with van der Waals surface area (Å²) in [4.78, 5) is 14.3. The van der Waals surface area contributed by atoms with Crippen molar-refractivity contribution in [2.75, 3.05) is 26.2 Å². The van der Waals surface area contributed by atoms with Crippen LogP contribution >= 0.6 is 0 Å². The minimum absolute atomic E-state index is 0.0814. The average molecular weight is 262 g/mol. The van der Waals surface area contributed by atoms with Gasteiger partial charge in [-0.25, -0.2) is 0 Å². The summed E-state index contributed by atoms with van der Waals surface area (Å²) in [5.74, 6) is 0.0814. The predicted octanol–water partition coefficient (Wildman–Crippen LogP) is 1.33. The van der Waals surface area contributed by atoms with E-state index in [4.69, 9.17) is 4.74 Å². The normalized spacial score (nSPS) is 19.2. The summed E-state index contributed by atoms with van der Waals surface area (Å²) in [7, 11) is 0. The molecule has 104 valence electrons. The molecular weight excluding hydrogens is 240 g/mol. The van der Waals surface area contributed by atoms with Crippen LogP contribution in [0.5, 0.6) is 0 Å². The molecule has 1 fully saturated rings. The molecule has 1 aliphatic heterocycles. The number of hydrogen-bond acceptors (Lipinski definition) is 3. The van der Waals surface area contributed by atoms with E-state index in [0.29, 0.717) is 26.2 Å². The third kappa shape index (κ3) is 3.55. The van der Waals surface area contributed by atoms with Crippen LogP contribution in [0.2, 0.25) is 0 Å². The highest BCUT2D eigenvalue weighted by Crippen LogP contribution is 2.12. The number of amides is 1. The topological polar surface area (TPSA) is 41.6 Å². The van der Waals surface area contributed by atoms with Gasteiger partial charge in [-0.1, -0.05) is 24.3 Å². The van der Waals surface area contributed by atoms with Crippen LogP contribution in [0.15, 0.2) is 24.3 Å². The maximum atomic E-state index is 12.4. The molecular formula is C15H22N2O2. The van der Waals surface area contributed by atoms with Gasteiger partial charge in [0.1, 0.15) is 6.10 Å². The fourth-order valence-electron chi connectivity index (χ4n) is 2.27. The highest BCUT2D eigenvalue weighted by atomic mass is 16.5. The zero-order valence-electron chi connectivity index (χ0n) is 11.7. The number of aryl methyl sites for hydroxylation is 1. The van der Waals surface area contributed by atoms with Crippen LogP contribution in [0.25, 0.3) is 0 Å². The Bertz CT molecular complexity index is 428. The summed E-state index contributed by atoms with van der Waals surface area (Å²) in [6.45, 7) is 7.49. The first-order chi connectivity index (χ1) is 9.22. The average Bonchev–Trinajstić information content (AvgIpc) is 2.47. The number of likely N-dealkylation sites (N-methyl/N-ethyl adjacent to an activating group) is 1. The van der Waals surface area contributed by atoms with E-state index in [1.807, 2.05) is 24.0 Å². The fourth-order valence-corrected chi connectivity index (χ4v) is 2.27. The molecule has 0 spiro atoms. The minimum Gasteiger partial charge on any atom is -0.366 e.